The largest absolute Gasteiger partial charge is 0.384 e. The van der Waals surface area contributed by atoms with E-state index in [9.17, 15) is 9.18 Å². The van der Waals surface area contributed by atoms with Crippen LogP contribution >= 0.6 is 0 Å². The van der Waals surface area contributed by atoms with Gasteiger partial charge in [-0.2, -0.15) is 5.26 Å². The number of nitrogens with zero attached hydrogens (tertiary/aromatic N) is 1. The van der Waals surface area contributed by atoms with Crippen LogP contribution in [0.2, 0.25) is 0 Å². The van der Waals surface area contributed by atoms with Gasteiger partial charge in [-0.3, -0.25) is 4.79 Å². The second kappa shape index (κ2) is 7.23. The number of hydrogen-bond donors (Lipinski definition) is 2. The lowest BCUT2D eigenvalue weighted by Gasteiger charge is -2.09. The van der Waals surface area contributed by atoms with Gasteiger partial charge in [0.05, 0.1) is 5.69 Å². The maximum Gasteiger partial charge on any atom is 0.221 e. The first kappa shape index (κ1) is 15.5. The van der Waals surface area contributed by atoms with E-state index in [0.717, 1.165) is 17.7 Å². The van der Waals surface area contributed by atoms with Crippen molar-refractivity contribution >= 4 is 17.3 Å². The molecule has 22 heavy (non-hydrogen) atoms. The molecule has 112 valence electrons. The van der Waals surface area contributed by atoms with Gasteiger partial charge in [0.25, 0.3) is 0 Å². The van der Waals surface area contributed by atoms with Gasteiger partial charge in [0, 0.05) is 19.2 Å². The van der Waals surface area contributed by atoms with Crippen molar-refractivity contribution in [2.24, 2.45) is 0 Å². The summed E-state index contributed by atoms with van der Waals surface area (Å²) in [6, 6.07) is 13.9. The third-order valence-electron chi connectivity index (χ3n) is 3.13. The number of halogens is 1. The number of benzene rings is 2. The molecule has 0 saturated carbocycles. The van der Waals surface area contributed by atoms with Crippen molar-refractivity contribution in [1.82, 2.24) is 0 Å². The summed E-state index contributed by atoms with van der Waals surface area (Å²) in [6.45, 7) is 2.04. The smallest absolute Gasteiger partial charge is 0.221 e. The average Bonchev–Trinajstić information content (AvgIpc) is 2.49. The Morgan fingerprint density at radius 1 is 1.23 bits per heavy atom. The number of hydrogen-bond acceptors (Lipinski definition) is 3. The fraction of sp³-hybridized carbons (Fsp3) is 0.176. The Hall–Kier alpha value is -2.87. The summed E-state index contributed by atoms with van der Waals surface area (Å²) >= 11 is 0. The molecule has 0 radical (unpaired) electrons. The molecule has 0 fully saturated rings. The third kappa shape index (κ3) is 4.06. The number of rotatable bonds is 5. The maximum atomic E-state index is 13.5. The second-order valence-electron chi connectivity index (χ2n) is 4.83. The molecule has 0 aliphatic carbocycles. The Bertz CT molecular complexity index is 705. The predicted molar refractivity (Wildman–Crippen MR) is 84.1 cm³/mol. The molecular formula is C17H16FN3O. The summed E-state index contributed by atoms with van der Waals surface area (Å²) in [5, 5.41) is 14.7. The van der Waals surface area contributed by atoms with Crippen molar-refractivity contribution in [1.29, 1.82) is 5.26 Å². The molecule has 2 rings (SSSR count). The zero-order valence-electron chi connectivity index (χ0n) is 12.2. The van der Waals surface area contributed by atoms with Crippen LogP contribution in [-0.2, 0) is 11.2 Å². The fourth-order valence-corrected chi connectivity index (χ4v) is 2.08. The lowest BCUT2D eigenvalue weighted by molar-refractivity contribution is -0.114. The van der Waals surface area contributed by atoms with Gasteiger partial charge in [0.15, 0.2) is 0 Å². The summed E-state index contributed by atoms with van der Waals surface area (Å²) in [7, 11) is 0. The van der Waals surface area contributed by atoms with E-state index in [2.05, 4.69) is 10.6 Å². The number of anilines is 2. The van der Waals surface area contributed by atoms with Gasteiger partial charge in [-0.15, -0.1) is 0 Å². The molecule has 2 aromatic carbocycles. The standard InChI is InChI=1S/C17H16FN3O/c1-12(22)21-14-7-5-13(6-8-14)9-10-20-17-4-2-3-16(18)15(17)11-19/h2-8,20H,9-10H2,1H3,(H,21,22). The van der Waals surface area contributed by atoms with Gasteiger partial charge >= 0.3 is 0 Å². The quantitative estimate of drug-likeness (QED) is 0.890. The summed E-state index contributed by atoms with van der Waals surface area (Å²) in [5.74, 6) is -0.628. The number of carbonyl (C=O) groups is 1. The van der Waals surface area contributed by atoms with E-state index < -0.39 is 5.82 Å². The zero-order chi connectivity index (χ0) is 15.9. The highest BCUT2D eigenvalue weighted by atomic mass is 19.1. The first-order chi connectivity index (χ1) is 10.6. The molecule has 1 amide bonds. The molecule has 4 nitrogen and oxygen atoms in total. The summed E-state index contributed by atoms with van der Waals surface area (Å²) in [5.41, 5.74) is 2.36. The van der Waals surface area contributed by atoms with Crippen LogP contribution in [0.4, 0.5) is 15.8 Å². The van der Waals surface area contributed by atoms with Crippen LogP contribution in [0.3, 0.4) is 0 Å². The SMILES string of the molecule is CC(=O)Nc1ccc(CCNc2cccc(F)c2C#N)cc1. The van der Waals surface area contributed by atoms with Crippen LogP contribution in [0.5, 0.6) is 0 Å². The first-order valence-corrected chi connectivity index (χ1v) is 6.89. The molecular weight excluding hydrogens is 281 g/mol. The van der Waals surface area contributed by atoms with Crippen molar-refractivity contribution in [3.8, 4) is 6.07 Å². The van der Waals surface area contributed by atoms with Crippen molar-refractivity contribution < 1.29 is 9.18 Å². The molecule has 0 heterocycles. The highest BCUT2D eigenvalue weighted by Gasteiger charge is 2.06. The minimum absolute atomic E-state index is 0.0310. The highest BCUT2D eigenvalue weighted by Crippen LogP contribution is 2.18. The molecule has 0 spiro atoms. The van der Waals surface area contributed by atoms with Gasteiger partial charge in [0.1, 0.15) is 17.4 Å². The molecule has 5 heteroatoms. The van der Waals surface area contributed by atoms with E-state index in [1.165, 1.54) is 13.0 Å². The third-order valence-corrected chi connectivity index (χ3v) is 3.13. The molecule has 2 aromatic rings. The molecule has 0 aliphatic heterocycles. The van der Waals surface area contributed by atoms with Gasteiger partial charge < -0.3 is 10.6 Å². The summed E-state index contributed by atoms with van der Waals surface area (Å²) in [4.78, 5) is 10.9. The van der Waals surface area contributed by atoms with Gasteiger partial charge in [-0.05, 0) is 36.2 Å². The van der Waals surface area contributed by atoms with E-state index in [0.29, 0.717) is 12.2 Å². The molecule has 0 saturated heterocycles. The van der Waals surface area contributed by atoms with Gasteiger partial charge in [-0.25, -0.2) is 4.39 Å². The number of nitrogens with one attached hydrogen (secondary N) is 2. The van der Waals surface area contributed by atoms with Gasteiger partial charge in [0.2, 0.25) is 5.91 Å². The van der Waals surface area contributed by atoms with E-state index in [4.69, 9.17) is 5.26 Å². The lowest BCUT2D eigenvalue weighted by atomic mass is 10.1. The minimum atomic E-state index is -0.521. The Labute approximate surface area is 128 Å². The average molecular weight is 297 g/mol. The maximum absolute atomic E-state index is 13.5. The molecule has 0 atom stereocenters. The van der Waals surface area contributed by atoms with Crippen LogP contribution in [0.25, 0.3) is 0 Å². The first-order valence-electron chi connectivity index (χ1n) is 6.89. The molecule has 0 aromatic heterocycles. The van der Waals surface area contributed by atoms with Crippen LogP contribution in [-0.4, -0.2) is 12.5 Å². The number of carbonyl (C=O) groups excluding carboxylic acids is 1. The van der Waals surface area contributed by atoms with Crippen LogP contribution in [0.15, 0.2) is 42.5 Å². The van der Waals surface area contributed by atoms with E-state index in [-0.39, 0.29) is 11.5 Å². The number of nitriles is 1. The molecule has 2 N–H and O–H groups in total. The van der Waals surface area contributed by atoms with Crippen LogP contribution in [0.1, 0.15) is 18.1 Å². The fourth-order valence-electron chi connectivity index (χ4n) is 2.08. The minimum Gasteiger partial charge on any atom is -0.384 e. The molecule has 0 bridgehead atoms. The van der Waals surface area contributed by atoms with Gasteiger partial charge in [-0.1, -0.05) is 18.2 Å². The zero-order valence-corrected chi connectivity index (χ0v) is 12.2. The highest BCUT2D eigenvalue weighted by molar-refractivity contribution is 5.88. The monoisotopic (exact) mass is 297 g/mol. The predicted octanol–water partition coefficient (Wildman–Crippen LogP) is 3.31. The van der Waals surface area contributed by atoms with Crippen molar-refractivity contribution in [2.45, 2.75) is 13.3 Å². The molecule has 0 aliphatic rings. The Morgan fingerprint density at radius 3 is 2.59 bits per heavy atom. The van der Waals surface area contributed by atoms with E-state index in [1.54, 1.807) is 12.1 Å². The Morgan fingerprint density at radius 2 is 1.95 bits per heavy atom. The Kier molecular flexibility index (Phi) is 5.10. The topological polar surface area (TPSA) is 64.9 Å². The number of amides is 1. The van der Waals surface area contributed by atoms with Crippen molar-refractivity contribution in [3.05, 3.63) is 59.4 Å². The van der Waals surface area contributed by atoms with E-state index in [1.807, 2.05) is 30.3 Å². The Balaban J connectivity index is 1.93. The van der Waals surface area contributed by atoms with E-state index >= 15 is 0 Å². The second-order valence-corrected chi connectivity index (χ2v) is 4.83. The van der Waals surface area contributed by atoms with Crippen molar-refractivity contribution in [2.75, 3.05) is 17.2 Å². The summed E-state index contributed by atoms with van der Waals surface area (Å²) in [6.07, 6.45) is 0.724. The lowest BCUT2D eigenvalue weighted by Crippen LogP contribution is -2.08. The summed E-state index contributed by atoms with van der Waals surface area (Å²) < 4.78 is 13.5. The van der Waals surface area contributed by atoms with Crippen LogP contribution in [0, 0.1) is 17.1 Å². The van der Waals surface area contributed by atoms with Crippen molar-refractivity contribution in [3.63, 3.8) is 0 Å². The molecule has 0 unspecified atom stereocenters. The normalized spacial score (nSPS) is 9.86. The van der Waals surface area contributed by atoms with Crippen LogP contribution < -0.4 is 10.6 Å².